The monoisotopic (exact) mass is 513 g/mol. The summed E-state index contributed by atoms with van der Waals surface area (Å²) in [6.07, 6.45) is -19.5. The van der Waals surface area contributed by atoms with Crippen molar-refractivity contribution < 1.29 is 53.4 Å². The molecule has 1 heterocycles. The Morgan fingerprint density at radius 1 is 1.03 bits per heavy atom. The van der Waals surface area contributed by atoms with E-state index in [0.717, 1.165) is 0 Å². The lowest BCUT2D eigenvalue weighted by atomic mass is 9.97. The third-order valence-corrected chi connectivity index (χ3v) is 4.81. The molecule has 0 spiro atoms. The van der Waals surface area contributed by atoms with E-state index >= 15 is 0 Å². The smallest absolute Gasteiger partial charge is 0.443 e. The van der Waals surface area contributed by atoms with E-state index in [1.807, 2.05) is 5.32 Å². The molecule has 0 aromatic heterocycles. The van der Waals surface area contributed by atoms with E-state index < -0.39 is 57.8 Å². The molecule has 5 nitrogen and oxygen atoms in total. The van der Waals surface area contributed by atoms with Crippen LogP contribution in [0, 0.1) is 0 Å². The number of amidine groups is 1. The summed E-state index contributed by atoms with van der Waals surface area (Å²) in [5.74, 6) is -3.39. The van der Waals surface area contributed by atoms with E-state index in [2.05, 4.69) is 4.99 Å². The quantitative estimate of drug-likeness (QED) is 0.466. The molecule has 33 heavy (non-hydrogen) atoms. The predicted molar refractivity (Wildman–Crippen MR) is 98.4 cm³/mol. The molecule has 1 aliphatic heterocycles. The molecular formula is C17H13F10N3O2S. The van der Waals surface area contributed by atoms with Gasteiger partial charge in [-0.2, -0.15) is 39.5 Å². The van der Waals surface area contributed by atoms with Crippen LogP contribution in [0.5, 0.6) is 5.75 Å². The summed E-state index contributed by atoms with van der Waals surface area (Å²) in [6.45, 7) is 3.36. The highest BCUT2D eigenvalue weighted by atomic mass is 32.2. The number of urea groups is 1. The summed E-state index contributed by atoms with van der Waals surface area (Å²) in [7, 11) is 0. The van der Waals surface area contributed by atoms with Crippen molar-refractivity contribution in [2.24, 2.45) is 4.99 Å². The molecule has 0 radical (unpaired) electrons. The summed E-state index contributed by atoms with van der Waals surface area (Å²) in [5, 5.41) is 1.97. The number of benzene rings is 1. The number of nitrogens with one attached hydrogen (secondary N) is 2. The number of alkyl halides is 9. The largest absolute Gasteiger partial charge is 0.491 e. The van der Waals surface area contributed by atoms with Gasteiger partial charge < -0.3 is 10.1 Å². The highest BCUT2D eigenvalue weighted by molar-refractivity contribution is 8.17. The third-order valence-electron chi connectivity index (χ3n) is 3.75. The number of carbonyl (C=O) groups is 1. The predicted octanol–water partition coefficient (Wildman–Crippen LogP) is 6.30. The van der Waals surface area contributed by atoms with E-state index in [0.29, 0.717) is 0 Å². The van der Waals surface area contributed by atoms with Crippen molar-refractivity contribution in [2.45, 2.75) is 44.0 Å². The van der Waals surface area contributed by atoms with Gasteiger partial charge in [0.25, 0.3) is 5.54 Å². The molecule has 16 heteroatoms. The number of rotatable bonds is 3. The van der Waals surface area contributed by atoms with Gasteiger partial charge in [0.05, 0.1) is 11.0 Å². The number of amides is 2. The fourth-order valence-electron chi connectivity index (χ4n) is 2.51. The average molecular weight is 513 g/mol. The summed E-state index contributed by atoms with van der Waals surface area (Å²) >= 11 is -0.945. The molecule has 1 aromatic rings. The summed E-state index contributed by atoms with van der Waals surface area (Å²) in [4.78, 5) is 11.5. The lowest BCUT2D eigenvalue weighted by Crippen LogP contribution is -2.55. The number of anilines is 1. The lowest BCUT2D eigenvalue weighted by Gasteiger charge is -2.31. The molecule has 1 aromatic carbocycles. The Balaban J connectivity index is 2.41. The van der Waals surface area contributed by atoms with E-state index in [9.17, 15) is 48.7 Å². The second-order valence-electron chi connectivity index (χ2n) is 6.64. The minimum absolute atomic E-state index is 0.0237. The van der Waals surface area contributed by atoms with Crippen LogP contribution in [0.1, 0.15) is 13.8 Å². The number of allylic oxidation sites excluding steroid dienone is 1. The second kappa shape index (κ2) is 8.95. The molecule has 0 unspecified atom stereocenters. The van der Waals surface area contributed by atoms with E-state index in [1.54, 1.807) is 13.8 Å². The summed E-state index contributed by atoms with van der Waals surface area (Å²) in [5.41, 5.74) is -5.58. The lowest BCUT2D eigenvalue weighted by molar-refractivity contribution is -0.280. The fraction of sp³-hybridized carbons (Fsp3) is 0.412. The topological polar surface area (TPSA) is 62.7 Å². The zero-order valence-electron chi connectivity index (χ0n) is 16.3. The minimum Gasteiger partial charge on any atom is -0.491 e. The molecule has 184 valence electrons. The molecule has 0 fully saturated rings. The molecular weight excluding hydrogens is 500 g/mol. The van der Waals surface area contributed by atoms with Gasteiger partial charge in [-0.15, -0.1) is 0 Å². The zero-order chi connectivity index (χ0) is 25.4. The average Bonchev–Trinajstić information content (AvgIpc) is 3.00. The zero-order valence-corrected chi connectivity index (χ0v) is 17.2. The Morgan fingerprint density at radius 3 is 2.09 bits per heavy atom. The highest BCUT2D eigenvalue weighted by Gasteiger charge is 2.77. The first-order chi connectivity index (χ1) is 14.9. The second-order valence-corrected chi connectivity index (χ2v) is 7.64. The first kappa shape index (κ1) is 26.6. The number of nitrogens with zero attached hydrogens (tertiary/aromatic N) is 1. The third kappa shape index (κ3) is 5.65. The van der Waals surface area contributed by atoms with Gasteiger partial charge in [0.2, 0.25) is 5.83 Å². The number of carbonyl (C=O) groups excluding carboxylic acids is 1. The Bertz CT molecular complexity index is 953. The van der Waals surface area contributed by atoms with Crippen LogP contribution in [-0.2, 0) is 0 Å². The van der Waals surface area contributed by atoms with Crippen molar-refractivity contribution in [3.8, 4) is 5.75 Å². The summed E-state index contributed by atoms with van der Waals surface area (Å²) < 4.78 is 137. The van der Waals surface area contributed by atoms with Crippen molar-refractivity contribution >= 4 is 28.6 Å². The number of thioether (sulfide) groups is 1. The number of hydrogen-bond donors (Lipinski definition) is 2. The molecule has 0 saturated carbocycles. The van der Waals surface area contributed by atoms with E-state index in [-0.39, 0.29) is 17.5 Å². The van der Waals surface area contributed by atoms with Gasteiger partial charge in [0.1, 0.15) is 5.75 Å². The fourth-order valence-corrected chi connectivity index (χ4v) is 3.66. The standard InChI is InChI=1S/C17H13F10N3O2S/c1-7(2)32-9-5-3-4-8(6-9)28-12(31)29-13-30-14(16(22,23)24,17(25,26)27)11(33-13)10(18)15(19,20)21/h3-7H,1-2H3,(H2,28,29,30,31). The maximum absolute atomic E-state index is 13.7. The van der Waals surface area contributed by atoms with Gasteiger partial charge in [-0.3, -0.25) is 5.32 Å². The summed E-state index contributed by atoms with van der Waals surface area (Å²) in [6, 6.07) is 3.97. The van der Waals surface area contributed by atoms with E-state index in [4.69, 9.17) is 4.74 Å². The van der Waals surface area contributed by atoms with Crippen molar-refractivity contribution in [2.75, 3.05) is 5.32 Å². The molecule has 0 atom stereocenters. The van der Waals surface area contributed by atoms with Crippen molar-refractivity contribution in [1.29, 1.82) is 0 Å². The van der Waals surface area contributed by atoms with Gasteiger partial charge in [0, 0.05) is 11.8 Å². The van der Waals surface area contributed by atoms with E-state index in [1.165, 1.54) is 29.6 Å². The SMILES string of the molecule is CC(C)Oc1cccc(NC(=O)NC2=NC(C(F)(F)F)(C(F)(F)F)C(=C(F)C(F)(F)F)S2)c1. The maximum atomic E-state index is 13.7. The van der Waals surface area contributed by atoms with Crippen LogP contribution in [0.3, 0.4) is 0 Å². The normalized spacial score (nSPS) is 18.2. The molecule has 0 bridgehead atoms. The highest BCUT2D eigenvalue weighted by Crippen LogP contribution is 2.59. The van der Waals surface area contributed by atoms with Crippen molar-refractivity contribution in [3.05, 3.63) is 35.0 Å². The Kier molecular flexibility index (Phi) is 7.21. The van der Waals surface area contributed by atoms with Crippen LogP contribution in [0.25, 0.3) is 0 Å². The van der Waals surface area contributed by atoms with Crippen LogP contribution in [0.4, 0.5) is 54.4 Å². The maximum Gasteiger partial charge on any atom is 0.443 e. The number of halogens is 10. The van der Waals surface area contributed by atoms with Gasteiger partial charge in [-0.05, 0) is 26.0 Å². The van der Waals surface area contributed by atoms with Crippen LogP contribution < -0.4 is 15.4 Å². The number of hydrogen-bond acceptors (Lipinski definition) is 4. The molecule has 0 aliphatic carbocycles. The Hall–Kier alpha value is -2.65. The first-order valence-corrected chi connectivity index (χ1v) is 9.43. The van der Waals surface area contributed by atoms with Crippen molar-refractivity contribution in [3.63, 3.8) is 0 Å². The molecule has 2 amide bonds. The molecule has 0 saturated heterocycles. The van der Waals surface area contributed by atoms with Gasteiger partial charge in [-0.25, -0.2) is 14.2 Å². The van der Waals surface area contributed by atoms with Gasteiger partial charge in [-0.1, -0.05) is 17.8 Å². The van der Waals surface area contributed by atoms with Gasteiger partial charge in [0.15, 0.2) is 5.17 Å². The van der Waals surface area contributed by atoms with Crippen LogP contribution in [0.15, 0.2) is 40.0 Å². The molecule has 2 N–H and O–H groups in total. The first-order valence-electron chi connectivity index (χ1n) is 8.62. The Morgan fingerprint density at radius 2 is 1.61 bits per heavy atom. The number of aliphatic imine (C=N–C) groups is 1. The molecule has 2 rings (SSSR count). The van der Waals surface area contributed by atoms with Gasteiger partial charge >= 0.3 is 24.6 Å². The number of ether oxygens (including phenoxy) is 1. The molecule has 1 aliphatic rings. The Labute approximate surface area is 183 Å². The van der Waals surface area contributed by atoms with Crippen LogP contribution in [-0.4, -0.2) is 41.4 Å². The van der Waals surface area contributed by atoms with Crippen LogP contribution in [0.2, 0.25) is 0 Å². The minimum atomic E-state index is -6.52. The van der Waals surface area contributed by atoms with Crippen molar-refractivity contribution in [1.82, 2.24) is 5.32 Å². The van der Waals surface area contributed by atoms with Crippen LogP contribution >= 0.6 is 11.8 Å².